The van der Waals surface area contributed by atoms with Gasteiger partial charge in [0.2, 0.25) is 0 Å². The van der Waals surface area contributed by atoms with Gasteiger partial charge in [0.15, 0.2) is 5.78 Å². The Kier molecular flexibility index (Phi) is 5.35. The maximum absolute atomic E-state index is 12.5. The van der Waals surface area contributed by atoms with Crippen LogP contribution >= 0.6 is 0 Å². The van der Waals surface area contributed by atoms with Gasteiger partial charge in [-0.3, -0.25) is 14.4 Å². The van der Waals surface area contributed by atoms with E-state index in [0.717, 1.165) is 24.8 Å². The molecule has 0 aliphatic heterocycles. The van der Waals surface area contributed by atoms with Crippen molar-refractivity contribution in [2.24, 2.45) is 5.92 Å². The third kappa shape index (κ3) is 4.28. The molecule has 0 radical (unpaired) electrons. The number of carbonyl (C=O) groups is 2. The van der Waals surface area contributed by atoms with E-state index in [1.807, 2.05) is 26.0 Å². The van der Waals surface area contributed by atoms with Crippen molar-refractivity contribution in [2.75, 3.05) is 5.32 Å². The van der Waals surface area contributed by atoms with Crippen molar-refractivity contribution in [1.29, 1.82) is 0 Å². The van der Waals surface area contributed by atoms with E-state index < -0.39 is 0 Å². The molecule has 5 heteroatoms. The molecule has 1 aliphatic rings. The van der Waals surface area contributed by atoms with Gasteiger partial charge < -0.3 is 9.88 Å². The Hall–Kier alpha value is -2.69. The summed E-state index contributed by atoms with van der Waals surface area (Å²) >= 11 is 0. The van der Waals surface area contributed by atoms with E-state index >= 15 is 0 Å². The van der Waals surface area contributed by atoms with Crippen LogP contribution < -0.4 is 10.9 Å². The predicted molar refractivity (Wildman–Crippen MR) is 102 cm³/mol. The minimum atomic E-state index is -0.347. The number of nitrogens with one attached hydrogen (secondary N) is 1. The third-order valence-electron chi connectivity index (χ3n) is 4.70. The summed E-state index contributed by atoms with van der Waals surface area (Å²) < 4.78 is 1.58. The maximum Gasteiger partial charge on any atom is 0.255 e. The summed E-state index contributed by atoms with van der Waals surface area (Å²) in [7, 11) is 0. The molecule has 0 bridgehead atoms. The summed E-state index contributed by atoms with van der Waals surface area (Å²) in [5, 5.41) is 2.83. The van der Waals surface area contributed by atoms with Crippen LogP contribution in [0.25, 0.3) is 0 Å². The number of Topliss-reactive ketones (excluding diaryl/α,β-unsaturated/α-hetero) is 1. The van der Waals surface area contributed by atoms with E-state index in [1.54, 1.807) is 22.9 Å². The van der Waals surface area contributed by atoms with Crippen LogP contribution in [0.3, 0.4) is 0 Å². The molecule has 1 aromatic carbocycles. The second-order valence-corrected chi connectivity index (χ2v) is 7.00. The molecule has 1 aromatic heterocycles. The van der Waals surface area contributed by atoms with Gasteiger partial charge in [-0.25, -0.2) is 0 Å². The van der Waals surface area contributed by atoms with E-state index in [2.05, 4.69) is 5.32 Å². The summed E-state index contributed by atoms with van der Waals surface area (Å²) in [5.74, 6) is 0.294. The number of aromatic nitrogens is 1. The number of anilines is 1. The van der Waals surface area contributed by atoms with Crippen molar-refractivity contribution in [3.8, 4) is 0 Å². The number of carbonyl (C=O) groups excluding carboxylic acids is 2. The second-order valence-electron chi connectivity index (χ2n) is 7.00. The van der Waals surface area contributed by atoms with Crippen molar-refractivity contribution >= 4 is 17.4 Å². The molecule has 1 aliphatic carbocycles. The SMILES string of the molecule is CCCn1ccc(C(=O)Nc2cc(C(=O)CC3CC3)ccc2C)cc1=O. The highest BCUT2D eigenvalue weighted by Gasteiger charge is 2.25. The quantitative estimate of drug-likeness (QED) is 0.771. The smallest absolute Gasteiger partial charge is 0.255 e. The van der Waals surface area contributed by atoms with Crippen LogP contribution in [-0.4, -0.2) is 16.3 Å². The molecule has 136 valence electrons. The van der Waals surface area contributed by atoms with E-state index in [9.17, 15) is 14.4 Å². The molecule has 1 fully saturated rings. The van der Waals surface area contributed by atoms with Crippen molar-refractivity contribution < 1.29 is 9.59 Å². The van der Waals surface area contributed by atoms with Gasteiger partial charge in [-0.05, 0) is 49.8 Å². The number of pyridine rings is 1. The number of hydrogen-bond acceptors (Lipinski definition) is 3. The lowest BCUT2D eigenvalue weighted by Gasteiger charge is -2.11. The molecule has 26 heavy (non-hydrogen) atoms. The van der Waals surface area contributed by atoms with Gasteiger partial charge in [0.25, 0.3) is 11.5 Å². The van der Waals surface area contributed by atoms with Gasteiger partial charge >= 0.3 is 0 Å². The molecule has 1 heterocycles. The summed E-state index contributed by atoms with van der Waals surface area (Å²) in [6.45, 7) is 4.50. The van der Waals surface area contributed by atoms with E-state index in [1.165, 1.54) is 6.07 Å². The molecule has 0 unspecified atom stereocenters. The first-order valence-corrected chi connectivity index (χ1v) is 9.13. The fraction of sp³-hybridized carbons (Fsp3) is 0.381. The zero-order chi connectivity index (χ0) is 18.7. The first-order chi connectivity index (χ1) is 12.5. The summed E-state index contributed by atoms with van der Waals surface area (Å²) in [6, 6.07) is 8.37. The summed E-state index contributed by atoms with van der Waals surface area (Å²) in [6.07, 6.45) is 5.33. The van der Waals surface area contributed by atoms with Crippen molar-refractivity contribution in [3.05, 3.63) is 63.6 Å². The average molecular weight is 352 g/mol. The molecule has 3 rings (SSSR count). The number of rotatable bonds is 7. The highest BCUT2D eigenvalue weighted by molar-refractivity contribution is 6.05. The van der Waals surface area contributed by atoms with Crippen LogP contribution in [0, 0.1) is 12.8 Å². The third-order valence-corrected chi connectivity index (χ3v) is 4.70. The highest BCUT2D eigenvalue weighted by atomic mass is 16.2. The Morgan fingerprint density at radius 1 is 1.15 bits per heavy atom. The summed E-state index contributed by atoms with van der Waals surface area (Å²) in [4.78, 5) is 36.9. The second kappa shape index (κ2) is 7.68. The highest BCUT2D eigenvalue weighted by Crippen LogP contribution is 2.33. The molecule has 5 nitrogen and oxygen atoms in total. The molecular weight excluding hydrogens is 328 g/mol. The van der Waals surface area contributed by atoms with Gasteiger partial charge in [-0.1, -0.05) is 19.1 Å². The fourth-order valence-electron chi connectivity index (χ4n) is 2.90. The largest absolute Gasteiger partial charge is 0.322 e. The van der Waals surface area contributed by atoms with Crippen molar-refractivity contribution in [3.63, 3.8) is 0 Å². The molecule has 1 amide bonds. The van der Waals surface area contributed by atoms with E-state index in [4.69, 9.17) is 0 Å². The topological polar surface area (TPSA) is 68.2 Å². The normalized spacial score (nSPS) is 13.5. The number of hydrogen-bond donors (Lipinski definition) is 1. The van der Waals surface area contributed by atoms with Gasteiger partial charge in [0.1, 0.15) is 0 Å². The average Bonchev–Trinajstić information content (AvgIpc) is 3.42. The summed E-state index contributed by atoms with van der Waals surface area (Å²) in [5.41, 5.74) is 2.23. The molecule has 0 spiro atoms. The lowest BCUT2D eigenvalue weighted by molar-refractivity contribution is 0.0974. The number of nitrogens with zero attached hydrogens (tertiary/aromatic N) is 1. The van der Waals surface area contributed by atoms with Gasteiger partial charge in [-0.15, -0.1) is 0 Å². The van der Waals surface area contributed by atoms with Gasteiger partial charge in [-0.2, -0.15) is 0 Å². The lowest BCUT2D eigenvalue weighted by Crippen LogP contribution is -2.22. The minimum Gasteiger partial charge on any atom is -0.322 e. The first kappa shape index (κ1) is 18.1. The molecule has 0 saturated heterocycles. The Morgan fingerprint density at radius 2 is 1.92 bits per heavy atom. The van der Waals surface area contributed by atoms with E-state index in [-0.39, 0.29) is 17.2 Å². The Balaban J connectivity index is 1.77. The van der Waals surface area contributed by atoms with Crippen LogP contribution in [0.5, 0.6) is 0 Å². The van der Waals surface area contributed by atoms with Crippen molar-refractivity contribution in [2.45, 2.75) is 46.1 Å². The van der Waals surface area contributed by atoms with Crippen LogP contribution in [0.15, 0.2) is 41.3 Å². The monoisotopic (exact) mass is 352 g/mol. The van der Waals surface area contributed by atoms with E-state index in [0.29, 0.717) is 35.7 Å². The van der Waals surface area contributed by atoms with Crippen LogP contribution in [-0.2, 0) is 6.54 Å². The van der Waals surface area contributed by atoms with Crippen molar-refractivity contribution in [1.82, 2.24) is 4.57 Å². The molecule has 1 N–H and O–H groups in total. The van der Waals surface area contributed by atoms with Gasteiger partial charge in [0.05, 0.1) is 0 Å². The zero-order valence-corrected chi connectivity index (χ0v) is 15.2. The Morgan fingerprint density at radius 3 is 2.58 bits per heavy atom. The number of aryl methyl sites for hydroxylation is 2. The minimum absolute atomic E-state index is 0.116. The molecule has 0 atom stereocenters. The zero-order valence-electron chi connectivity index (χ0n) is 15.2. The first-order valence-electron chi connectivity index (χ1n) is 9.13. The predicted octanol–water partition coefficient (Wildman–Crippen LogP) is 3.80. The number of ketones is 1. The van der Waals surface area contributed by atoms with Crippen LogP contribution in [0.1, 0.15) is 58.9 Å². The number of benzene rings is 1. The van der Waals surface area contributed by atoms with Crippen LogP contribution in [0.2, 0.25) is 0 Å². The Bertz CT molecular complexity index is 894. The van der Waals surface area contributed by atoms with Gasteiger partial charge in [0, 0.05) is 42.0 Å². The molecule has 2 aromatic rings. The molecule has 1 saturated carbocycles. The van der Waals surface area contributed by atoms with Crippen LogP contribution in [0.4, 0.5) is 5.69 Å². The fourth-order valence-corrected chi connectivity index (χ4v) is 2.90. The maximum atomic E-state index is 12.5. The molecular formula is C21H24N2O3. The Labute approximate surface area is 153 Å². The number of amides is 1. The standard InChI is InChI=1S/C21H24N2O3/c1-3-9-23-10-8-17(13-20(23)25)21(26)22-18-12-16(7-4-14(18)2)19(24)11-15-5-6-15/h4,7-8,10,12-13,15H,3,5-6,9,11H2,1-2H3,(H,22,26). The lowest BCUT2D eigenvalue weighted by atomic mass is 10.0.